The number of hydrogen-bond acceptors (Lipinski definition) is 3. The van der Waals surface area contributed by atoms with E-state index in [4.69, 9.17) is 0 Å². The molecule has 4 nitrogen and oxygen atoms in total. The topological polar surface area (TPSA) is 54.5 Å². The van der Waals surface area contributed by atoms with Crippen LogP contribution in [0.4, 0.5) is 0 Å². The van der Waals surface area contributed by atoms with Crippen molar-refractivity contribution in [1.82, 2.24) is 4.90 Å². The summed E-state index contributed by atoms with van der Waals surface area (Å²) >= 11 is 3.53. The van der Waals surface area contributed by atoms with Crippen molar-refractivity contribution in [2.75, 3.05) is 19.3 Å². The monoisotopic (exact) mass is 411 g/mol. The molecule has 0 N–H and O–H groups in total. The highest BCUT2D eigenvalue weighted by atomic mass is 79.9. The third kappa shape index (κ3) is 2.81. The summed E-state index contributed by atoms with van der Waals surface area (Å²) in [4.78, 5) is 14.9. The Balaban J connectivity index is 1.45. The summed E-state index contributed by atoms with van der Waals surface area (Å²) in [5.74, 6) is 1.18. The molecule has 0 radical (unpaired) electrons. The van der Waals surface area contributed by atoms with Gasteiger partial charge in [-0.3, -0.25) is 4.79 Å². The molecular weight excluding hydrogens is 390 g/mol. The largest absolute Gasteiger partial charge is 0.342 e. The summed E-state index contributed by atoms with van der Waals surface area (Å²) < 4.78 is 24.6. The SMILES string of the molecule is CS(=O)(=O)C1CCCN(C(=O)C2C3Cc4ccc(Br)cc4C32)CC1. The van der Waals surface area contributed by atoms with Gasteiger partial charge in [0.05, 0.1) is 5.25 Å². The van der Waals surface area contributed by atoms with Crippen LogP contribution in [0.1, 0.15) is 36.3 Å². The maximum atomic E-state index is 12.9. The zero-order valence-corrected chi connectivity index (χ0v) is 16.1. The second-order valence-electron chi connectivity index (χ2n) is 7.47. The van der Waals surface area contributed by atoms with E-state index in [9.17, 15) is 13.2 Å². The minimum absolute atomic E-state index is 0.113. The van der Waals surface area contributed by atoms with Crippen LogP contribution in [0, 0.1) is 11.8 Å². The van der Waals surface area contributed by atoms with Crippen LogP contribution in [0.2, 0.25) is 0 Å². The van der Waals surface area contributed by atoms with Crippen molar-refractivity contribution in [2.45, 2.75) is 36.9 Å². The van der Waals surface area contributed by atoms with Crippen LogP contribution in [0.5, 0.6) is 0 Å². The molecule has 0 aromatic heterocycles. The number of likely N-dealkylation sites (tertiary alicyclic amines) is 1. The van der Waals surface area contributed by atoms with Crippen LogP contribution in [-0.2, 0) is 21.1 Å². The molecule has 24 heavy (non-hydrogen) atoms. The van der Waals surface area contributed by atoms with Gasteiger partial charge in [-0.1, -0.05) is 22.0 Å². The van der Waals surface area contributed by atoms with Gasteiger partial charge in [-0.2, -0.15) is 0 Å². The lowest BCUT2D eigenvalue weighted by Gasteiger charge is -2.22. The maximum absolute atomic E-state index is 12.9. The average Bonchev–Trinajstić information content (AvgIpc) is 3.18. The molecule has 4 unspecified atom stereocenters. The highest BCUT2D eigenvalue weighted by molar-refractivity contribution is 9.10. The van der Waals surface area contributed by atoms with E-state index in [-0.39, 0.29) is 17.1 Å². The summed E-state index contributed by atoms with van der Waals surface area (Å²) in [5.41, 5.74) is 2.71. The quantitative estimate of drug-likeness (QED) is 0.751. The lowest BCUT2D eigenvalue weighted by molar-refractivity contribution is -0.133. The Bertz CT molecular complexity index is 791. The molecular formula is C18H22BrNO3S. The van der Waals surface area contributed by atoms with Crippen LogP contribution in [0.25, 0.3) is 0 Å². The van der Waals surface area contributed by atoms with Crippen LogP contribution in [-0.4, -0.2) is 43.8 Å². The van der Waals surface area contributed by atoms with Crippen molar-refractivity contribution >= 4 is 31.7 Å². The first-order valence-corrected chi connectivity index (χ1v) is 11.4. The van der Waals surface area contributed by atoms with Gasteiger partial charge < -0.3 is 4.90 Å². The van der Waals surface area contributed by atoms with Crippen LogP contribution in [0.15, 0.2) is 22.7 Å². The molecule has 3 aliphatic rings. The fourth-order valence-electron chi connectivity index (χ4n) is 4.63. The van der Waals surface area contributed by atoms with E-state index in [0.29, 0.717) is 37.8 Å². The molecule has 4 atom stereocenters. The predicted octanol–water partition coefficient (Wildman–Crippen LogP) is 2.76. The number of nitrogens with zero attached hydrogens (tertiary/aromatic N) is 1. The smallest absolute Gasteiger partial charge is 0.226 e. The zero-order chi connectivity index (χ0) is 17.1. The summed E-state index contributed by atoms with van der Waals surface area (Å²) in [6, 6.07) is 6.39. The summed E-state index contributed by atoms with van der Waals surface area (Å²) in [5, 5.41) is -0.286. The minimum atomic E-state index is -3.01. The Hall–Kier alpha value is -0.880. The number of amides is 1. The first-order valence-electron chi connectivity index (χ1n) is 8.62. The van der Waals surface area contributed by atoms with Gasteiger partial charge in [0.15, 0.2) is 0 Å². The van der Waals surface area contributed by atoms with E-state index in [1.165, 1.54) is 17.4 Å². The van der Waals surface area contributed by atoms with Crippen molar-refractivity contribution < 1.29 is 13.2 Å². The molecule has 2 fully saturated rings. The van der Waals surface area contributed by atoms with Gasteiger partial charge in [0.2, 0.25) is 5.91 Å². The molecule has 1 aromatic rings. The van der Waals surface area contributed by atoms with Crippen molar-refractivity contribution in [3.05, 3.63) is 33.8 Å². The Morgan fingerprint density at radius 2 is 2.04 bits per heavy atom. The number of rotatable bonds is 2. The van der Waals surface area contributed by atoms with Crippen LogP contribution in [0.3, 0.4) is 0 Å². The molecule has 0 spiro atoms. The van der Waals surface area contributed by atoms with Gasteiger partial charge in [0, 0.05) is 29.7 Å². The van der Waals surface area contributed by atoms with Crippen molar-refractivity contribution in [1.29, 1.82) is 0 Å². The Kier molecular flexibility index (Phi) is 4.03. The normalized spacial score (nSPS) is 32.0. The van der Waals surface area contributed by atoms with Crippen molar-refractivity contribution in [2.24, 2.45) is 11.8 Å². The molecule has 1 amide bonds. The van der Waals surface area contributed by atoms with E-state index < -0.39 is 9.84 Å². The van der Waals surface area contributed by atoms with Gasteiger partial charge in [-0.25, -0.2) is 8.42 Å². The molecule has 1 saturated heterocycles. The van der Waals surface area contributed by atoms with Crippen LogP contribution < -0.4 is 0 Å². The third-order valence-electron chi connectivity index (χ3n) is 5.97. The molecule has 0 bridgehead atoms. The van der Waals surface area contributed by atoms with E-state index in [0.717, 1.165) is 17.3 Å². The fourth-order valence-corrected chi connectivity index (χ4v) is 6.14. The Morgan fingerprint density at radius 3 is 2.79 bits per heavy atom. The molecule has 130 valence electrons. The van der Waals surface area contributed by atoms with E-state index >= 15 is 0 Å². The van der Waals surface area contributed by atoms with Crippen molar-refractivity contribution in [3.8, 4) is 0 Å². The lowest BCUT2D eigenvalue weighted by atomic mass is 10.0. The van der Waals surface area contributed by atoms with Gasteiger partial charge in [0.25, 0.3) is 0 Å². The molecule has 1 saturated carbocycles. The summed E-state index contributed by atoms with van der Waals surface area (Å²) in [6.07, 6.45) is 4.36. The third-order valence-corrected chi connectivity index (χ3v) is 8.14. The lowest BCUT2D eigenvalue weighted by Crippen LogP contribution is -2.34. The summed E-state index contributed by atoms with van der Waals surface area (Å²) in [6.45, 7) is 1.28. The highest BCUT2D eigenvalue weighted by Crippen LogP contribution is 2.62. The average molecular weight is 412 g/mol. The van der Waals surface area contributed by atoms with E-state index in [1.807, 2.05) is 4.90 Å². The van der Waals surface area contributed by atoms with Gasteiger partial charge in [0.1, 0.15) is 9.84 Å². The second-order valence-corrected chi connectivity index (χ2v) is 10.7. The first kappa shape index (κ1) is 16.6. The van der Waals surface area contributed by atoms with E-state index in [2.05, 4.69) is 34.1 Å². The number of benzene rings is 1. The standard InChI is InChI=1S/C18H22BrNO3S/c1-24(22,23)13-3-2-7-20(8-6-13)18(21)17-15-9-11-4-5-12(19)10-14(11)16(15)17/h4-5,10,13,15-17H,2-3,6-9H2,1H3. The Labute approximate surface area is 151 Å². The van der Waals surface area contributed by atoms with Crippen molar-refractivity contribution in [3.63, 3.8) is 0 Å². The van der Waals surface area contributed by atoms with Gasteiger partial charge in [-0.05, 0) is 60.8 Å². The molecule has 4 rings (SSSR count). The first-order chi connectivity index (χ1) is 11.4. The number of hydrogen-bond donors (Lipinski definition) is 0. The number of carbonyl (C=O) groups is 1. The molecule has 2 aliphatic carbocycles. The Morgan fingerprint density at radius 1 is 1.25 bits per heavy atom. The number of halogens is 1. The molecule has 1 aliphatic heterocycles. The zero-order valence-electron chi connectivity index (χ0n) is 13.7. The molecule has 1 aromatic carbocycles. The minimum Gasteiger partial charge on any atom is -0.342 e. The number of carbonyl (C=O) groups excluding carboxylic acids is 1. The number of fused-ring (bicyclic) bond motifs is 3. The van der Waals surface area contributed by atoms with Crippen LogP contribution >= 0.6 is 15.9 Å². The second kappa shape index (κ2) is 5.84. The predicted molar refractivity (Wildman–Crippen MR) is 96.6 cm³/mol. The molecule has 6 heteroatoms. The fraction of sp³-hybridized carbons (Fsp3) is 0.611. The molecule has 1 heterocycles. The number of sulfone groups is 1. The van der Waals surface area contributed by atoms with Gasteiger partial charge in [-0.15, -0.1) is 0 Å². The van der Waals surface area contributed by atoms with Gasteiger partial charge >= 0.3 is 0 Å². The summed E-state index contributed by atoms with van der Waals surface area (Å²) in [7, 11) is -3.01. The van der Waals surface area contributed by atoms with E-state index in [1.54, 1.807) is 0 Å². The highest BCUT2D eigenvalue weighted by Gasteiger charge is 2.60. The maximum Gasteiger partial charge on any atom is 0.226 e.